The summed E-state index contributed by atoms with van der Waals surface area (Å²) in [6.07, 6.45) is 1.21. The number of ether oxygens (including phenoxy) is 1. The summed E-state index contributed by atoms with van der Waals surface area (Å²) in [7, 11) is -3.36. The van der Waals surface area contributed by atoms with E-state index in [1.54, 1.807) is 0 Å². The van der Waals surface area contributed by atoms with E-state index in [1.165, 1.54) is 25.3 Å². The second-order valence-electron chi connectivity index (χ2n) is 4.26. The van der Waals surface area contributed by atoms with Gasteiger partial charge in [-0.2, -0.15) is 0 Å². The van der Waals surface area contributed by atoms with Crippen molar-refractivity contribution in [2.75, 3.05) is 12.4 Å². The molecule has 5 nitrogen and oxygen atoms in total. The molecular formula is C12H16F2N2O3S. The van der Waals surface area contributed by atoms with Gasteiger partial charge < -0.3 is 10.5 Å². The number of rotatable bonds is 6. The van der Waals surface area contributed by atoms with E-state index in [4.69, 9.17) is 10.5 Å². The van der Waals surface area contributed by atoms with Gasteiger partial charge in [0.05, 0.1) is 28.7 Å². The number of hydrogen-bond donors (Lipinski definition) is 1. The second kappa shape index (κ2) is 6.17. The smallest absolute Gasteiger partial charge is 0.278 e. The van der Waals surface area contributed by atoms with Gasteiger partial charge in [-0.1, -0.05) is 6.92 Å². The van der Waals surface area contributed by atoms with Crippen LogP contribution in [0.25, 0.3) is 5.70 Å². The minimum atomic E-state index is -3.36. The maximum atomic E-state index is 12.6. The number of pyridine rings is 1. The van der Waals surface area contributed by atoms with Crippen molar-refractivity contribution < 1.29 is 21.9 Å². The van der Waals surface area contributed by atoms with Crippen LogP contribution in [0, 0.1) is 0 Å². The van der Waals surface area contributed by atoms with Crippen molar-refractivity contribution in [1.82, 2.24) is 4.98 Å². The minimum absolute atomic E-state index is 0.0146. The lowest BCUT2D eigenvalue weighted by molar-refractivity contribution is -0.0230. The molecule has 1 aromatic rings. The van der Waals surface area contributed by atoms with Gasteiger partial charge in [0.15, 0.2) is 16.4 Å². The van der Waals surface area contributed by atoms with E-state index in [2.05, 4.69) is 4.98 Å². The number of alkyl halides is 2. The summed E-state index contributed by atoms with van der Waals surface area (Å²) < 4.78 is 52.8. The van der Waals surface area contributed by atoms with E-state index in [0.29, 0.717) is 0 Å². The molecule has 0 radical (unpaired) electrons. The third-order valence-corrected chi connectivity index (χ3v) is 3.65. The zero-order chi connectivity index (χ0) is 15.4. The zero-order valence-corrected chi connectivity index (χ0v) is 12.0. The molecule has 1 rings (SSSR count). The van der Waals surface area contributed by atoms with Gasteiger partial charge in [-0.05, 0) is 12.1 Å². The maximum Gasteiger partial charge on any atom is 0.278 e. The number of nitrogens with two attached hydrogens (primary N) is 1. The standard InChI is InChI=1S/C12H16F2N2O3S/c1-3-20(17,18)7-10(15)11-5-4-9(6-16-11)19-8-12(2,13)14/h4-7H,3,8,15H2,1-2H3/b10-7-. The molecule has 0 bridgehead atoms. The van der Waals surface area contributed by atoms with Crippen LogP contribution in [0.2, 0.25) is 0 Å². The Morgan fingerprint density at radius 1 is 1.50 bits per heavy atom. The van der Waals surface area contributed by atoms with E-state index < -0.39 is 22.4 Å². The number of hydrogen-bond acceptors (Lipinski definition) is 5. The van der Waals surface area contributed by atoms with Crippen molar-refractivity contribution in [3.05, 3.63) is 29.4 Å². The van der Waals surface area contributed by atoms with Gasteiger partial charge in [0.2, 0.25) is 0 Å². The monoisotopic (exact) mass is 306 g/mol. The summed E-state index contributed by atoms with van der Waals surface area (Å²) in [4.78, 5) is 3.87. The highest BCUT2D eigenvalue weighted by Crippen LogP contribution is 2.17. The fraction of sp³-hybridized carbons (Fsp3) is 0.417. The Morgan fingerprint density at radius 2 is 2.15 bits per heavy atom. The Hall–Kier alpha value is -1.70. The van der Waals surface area contributed by atoms with Crippen LogP contribution in [0.3, 0.4) is 0 Å². The van der Waals surface area contributed by atoms with Crippen molar-refractivity contribution in [1.29, 1.82) is 0 Å². The van der Waals surface area contributed by atoms with Crippen molar-refractivity contribution >= 4 is 15.5 Å². The summed E-state index contributed by atoms with van der Waals surface area (Å²) in [5.41, 5.74) is 5.83. The SMILES string of the molecule is CCS(=O)(=O)/C=C(\N)c1ccc(OCC(C)(F)F)cn1. The summed E-state index contributed by atoms with van der Waals surface area (Å²) in [6.45, 7) is 1.48. The normalized spacial score (nSPS) is 13.3. The van der Waals surface area contributed by atoms with Gasteiger partial charge in [0, 0.05) is 6.92 Å². The highest BCUT2D eigenvalue weighted by Gasteiger charge is 2.22. The van der Waals surface area contributed by atoms with Crippen LogP contribution >= 0.6 is 0 Å². The lowest BCUT2D eigenvalue weighted by atomic mass is 10.3. The molecule has 0 aliphatic carbocycles. The Balaban J connectivity index is 2.82. The first-order valence-electron chi connectivity index (χ1n) is 5.80. The third kappa shape index (κ3) is 5.52. The summed E-state index contributed by atoms with van der Waals surface area (Å²) in [6, 6.07) is 2.80. The van der Waals surface area contributed by atoms with Crippen molar-refractivity contribution in [3.63, 3.8) is 0 Å². The Morgan fingerprint density at radius 3 is 2.60 bits per heavy atom. The number of sulfone groups is 1. The van der Waals surface area contributed by atoms with Crippen molar-refractivity contribution in [2.45, 2.75) is 19.8 Å². The molecule has 112 valence electrons. The Labute approximate surface area is 116 Å². The van der Waals surface area contributed by atoms with Crippen LogP contribution in [0.5, 0.6) is 5.75 Å². The van der Waals surface area contributed by atoms with E-state index in [-0.39, 0.29) is 22.9 Å². The summed E-state index contributed by atoms with van der Waals surface area (Å²) in [5, 5.41) is 0.927. The van der Waals surface area contributed by atoms with Crippen LogP contribution in [-0.4, -0.2) is 31.7 Å². The molecule has 8 heteroatoms. The van der Waals surface area contributed by atoms with Crippen LogP contribution in [-0.2, 0) is 9.84 Å². The topological polar surface area (TPSA) is 82.3 Å². The van der Waals surface area contributed by atoms with Gasteiger partial charge in [0.1, 0.15) is 5.75 Å². The number of halogens is 2. The molecule has 0 saturated carbocycles. The van der Waals surface area contributed by atoms with E-state index in [9.17, 15) is 17.2 Å². The van der Waals surface area contributed by atoms with Crippen LogP contribution in [0.1, 0.15) is 19.5 Å². The average molecular weight is 306 g/mol. The molecule has 0 spiro atoms. The first-order chi connectivity index (χ1) is 9.13. The molecule has 0 fully saturated rings. The summed E-state index contributed by atoms with van der Waals surface area (Å²) in [5.74, 6) is -2.85. The van der Waals surface area contributed by atoms with Crippen LogP contribution in [0.4, 0.5) is 8.78 Å². The highest BCUT2D eigenvalue weighted by molar-refractivity contribution is 7.94. The average Bonchev–Trinajstić information content (AvgIpc) is 2.35. The van der Waals surface area contributed by atoms with Gasteiger partial charge in [-0.15, -0.1) is 0 Å². The molecule has 2 N–H and O–H groups in total. The minimum Gasteiger partial charge on any atom is -0.486 e. The number of aromatic nitrogens is 1. The molecule has 0 aliphatic rings. The second-order valence-corrected chi connectivity index (χ2v) is 6.40. The Bertz CT molecular complexity index is 578. The molecule has 0 unspecified atom stereocenters. The first-order valence-corrected chi connectivity index (χ1v) is 7.51. The predicted octanol–water partition coefficient (Wildman–Crippen LogP) is 1.81. The van der Waals surface area contributed by atoms with Gasteiger partial charge in [-0.25, -0.2) is 17.2 Å². The lowest BCUT2D eigenvalue weighted by Crippen LogP contribution is -2.21. The molecule has 0 aliphatic heterocycles. The predicted molar refractivity (Wildman–Crippen MR) is 72.0 cm³/mol. The zero-order valence-electron chi connectivity index (χ0n) is 11.1. The summed E-state index contributed by atoms with van der Waals surface area (Å²) >= 11 is 0. The third-order valence-electron chi connectivity index (χ3n) is 2.23. The fourth-order valence-corrected chi connectivity index (χ4v) is 1.86. The molecule has 20 heavy (non-hydrogen) atoms. The van der Waals surface area contributed by atoms with E-state index in [0.717, 1.165) is 12.3 Å². The fourth-order valence-electron chi connectivity index (χ4n) is 1.18. The molecule has 0 atom stereocenters. The van der Waals surface area contributed by atoms with Crippen molar-refractivity contribution in [3.8, 4) is 5.75 Å². The number of nitrogens with zero attached hydrogens (tertiary/aromatic N) is 1. The maximum absolute atomic E-state index is 12.6. The molecule has 1 heterocycles. The van der Waals surface area contributed by atoms with Crippen LogP contribution < -0.4 is 10.5 Å². The lowest BCUT2D eigenvalue weighted by Gasteiger charge is -2.11. The quantitative estimate of drug-likeness (QED) is 0.866. The van der Waals surface area contributed by atoms with Gasteiger partial charge in [0.25, 0.3) is 5.92 Å². The Kier molecular flexibility index (Phi) is 5.04. The first kappa shape index (κ1) is 16.4. The molecule has 0 saturated heterocycles. The van der Waals surface area contributed by atoms with E-state index >= 15 is 0 Å². The van der Waals surface area contributed by atoms with E-state index in [1.807, 2.05) is 0 Å². The molecule has 0 aromatic carbocycles. The molecule has 0 amide bonds. The van der Waals surface area contributed by atoms with Crippen LogP contribution in [0.15, 0.2) is 23.7 Å². The van der Waals surface area contributed by atoms with Gasteiger partial charge in [-0.3, -0.25) is 4.98 Å². The molecular weight excluding hydrogens is 290 g/mol. The largest absolute Gasteiger partial charge is 0.486 e. The van der Waals surface area contributed by atoms with Crippen molar-refractivity contribution in [2.24, 2.45) is 5.73 Å². The molecule has 1 aromatic heterocycles. The highest BCUT2D eigenvalue weighted by atomic mass is 32.2. The van der Waals surface area contributed by atoms with Gasteiger partial charge >= 0.3 is 0 Å².